The van der Waals surface area contributed by atoms with Crippen LogP contribution in [-0.2, 0) is 9.47 Å². The smallest absolute Gasteiger partial charge is 0.203 e. The van der Waals surface area contributed by atoms with E-state index in [2.05, 4.69) is 0 Å². The quantitative estimate of drug-likeness (QED) is 0.325. The van der Waals surface area contributed by atoms with Crippen molar-refractivity contribution < 1.29 is 29.9 Å². The molecular weight excluding hydrogens is 206 g/mol. The summed E-state index contributed by atoms with van der Waals surface area (Å²) in [5.74, 6) is 0. The second kappa shape index (κ2) is 4.71. The van der Waals surface area contributed by atoms with Gasteiger partial charge in [-0.25, -0.2) is 0 Å². The number of hydrogen-bond acceptors (Lipinski definition) is 7. The van der Waals surface area contributed by atoms with Gasteiger partial charge in [0, 0.05) is 6.61 Å². The second-order valence-corrected chi connectivity index (χ2v) is 3.47. The predicted octanol–water partition coefficient (Wildman–Crippen LogP) is -2.89. The SMILES string of the molecule is CCO[C@H]1O[C@H](CO)[C@@H](O)[C@H](O)[C@]1(N)O. The van der Waals surface area contributed by atoms with Crippen molar-refractivity contribution in [3.05, 3.63) is 0 Å². The van der Waals surface area contributed by atoms with Crippen molar-refractivity contribution in [2.24, 2.45) is 5.73 Å². The lowest BCUT2D eigenvalue weighted by Crippen LogP contribution is -2.71. The summed E-state index contributed by atoms with van der Waals surface area (Å²) >= 11 is 0. The third-order valence-corrected chi connectivity index (χ3v) is 2.35. The van der Waals surface area contributed by atoms with Crippen molar-refractivity contribution in [3.8, 4) is 0 Å². The van der Waals surface area contributed by atoms with Crippen LogP contribution in [0.25, 0.3) is 0 Å². The molecular formula is C8H17NO6. The molecule has 15 heavy (non-hydrogen) atoms. The molecule has 6 N–H and O–H groups in total. The third kappa shape index (κ3) is 2.28. The average molecular weight is 223 g/mol. The first-order valence-corrected chi connectivity index (χ1v) is 4.70. The monoisotopic (exact) mass is 223 g/mol. The lowest BCUT2D eigenvalue weighted by Gasteiger charge is -2.45. The van der Waals surface area contributed by atoms with E-state index >= 15 is 0 Å². The zero-order valence-electron chi connectivity index (χ0n) is 8.41. The first-order valence-electron chi connectivity index (χ1n) is 4.70. The van der Waals surface area contributed by atoms with Gasteiger partial charge in [0.05, 0.1) is 6.61 Å². The lowest BCUT2D eigenvalue weighted by molar-refractivity contribution is -0.339. The molecule has 0 saturated carbocycles. The van der Waals surface area contributed by atoms with Crippen LogP contribution < -0.4 is 5.73 Å². The van der Waals surface area contributed by atoms with Gasteiger partial charge >= 0.3 is 0 Å². The molecule has 1 heterocycles. The van der Waals surface area contributed by atoms with Crippen LogP contribution in [0.2, 0.25) is 0 Å². The Hall–Kier alpha value is -0.280. The number of ether oxygens (including phenoxy) is 2. The highest BCUT2D eigenvalue weighted by Crippen LogP contribution is 2.26. The molecule has 0 spiro atoms. The van der Waals surface area contributed by atoms with E-state index in [1.807, 2.05) is 0 Å². The fourth-order valence-electron chi connectivity index (χ4n) is 1.44. The van der Waals surface area contributed by atoms with E-state index in [-0.39, 0.29) is 6.61 Å². The summed E-state index contributed by atoms with van der Waals surface area (Å²) < 4.78 is 9.99. The van der Waals surface area contributed by atoms with Crippen LogP contribution in [0.15, 0.2) is 0 Å². The molecule has 1 fully saturated rings. The summed E-state index contributed by atoms with van der Waals surface area (Å²) in [4.78, 5) is 0. The van der Waals surface area contributed by atoms with Crippen LogP contribution in [0.5, 0.6) is 0 Å². The molecule has 1 aliphatic heterocycles. The Labute approximate surface area is 87.0 Å². The molecule has 1 aliphatic rings. The molecule has 0 amide bonds. The summed E-state index contributed by atoms with van der Waals surface area (Å²) in [5, 5.41) is 37.5. The minimum absolute atomic E-state index is 0.213. The van der Waals surface area contributed by atoms with Gasteiger partial charge in [-0.2, -0.15) is 0 Å². The molecule has 7 nitrogen and oxygen atoms in total. The zero-order valence-corrected chi connectivity index (χ0v) is 8.41. The molecule has 0 aromatic carbocycles. The van der Waals surface area contributed by atoms with E-state index in [0.717, 1.165) is 0 Å². The van der Waals surface area contributed by atoms with Gasteiger partial charge in [0.15, 0.2) is 5.72 Å². The third-order valence-electron chi connectivity index (χ3n) is 2.35. The van der Waals surface area contributed by atoms with Gasteiger partial charge in [-0.15, -0.1) is 0 Å². The van der Waals surface area contributed by atoms with Crippen molar-refractivity contribution in [2.45, 2.75) is 37.3 Å². The summed E-state index contributed by atoms with van der Waals surface area (Å²) in [6, 6.07) is 0. The molecule has 0 unspecified atom stereocenters. The summed E-state index contributed by atoms with van der Waals surface area (Å²) in [5.41, 5.74) is 3.18. The summed E-state index contributed by atoms with van der Waals surface area (Å²) in [6.45, 7) is 1.37. The number of nitrogens with two attached hydrogens (primary N) is 1. The van der Waals surface area contributed by atoms with Gasteiger partial charge in [-0.05, 0) is 6.92 Å². The fraction of sp³-hybridized carbons (Fsp3) is 1.00. The van der Waals surface area contributed by atoms with Crippen LogP contribution in [0.3, 0.4) is 0 Å². The zero-order chi connectivity index (χ0) is 11.6. The van der Waals surface area contributed by atoms with Gasteiger partial charge in [0.2, 0.25) is 6.29 Å². The average Bonchev–Trinajstić information content (AvgIpc) is 2.20. The van der Waals surface area contributed by atoms with E-state index in [0.29, 0.717) is 0 Å². The second-order valence-electron chi connectivity index (χ2n) is 3.47. The van der Waals surface area contributed by atoms with Gasteiger partial charge < -0.3 is 29.9 Å². The Morgan fingerprint density at radius 3 is 2.53 bits per heavy atom. The van der Waals surface area contributed by atoms with Crippen molar-refractivity contribution in [3.63, 3.8) is 0 Å². The fourth-order valence-corrected chi connectivity index (χ4v) is 1.44. The molecule has 0 aromatic rings. The van der Waals surface area contributed by atoms with Crippen molar-refractivity contribution >= 4 is 0 Å². The van der Waals surface area contributed by atoms with Crippen molar-refractivity contribution in [1.82, 2.24) is 0 Å². The van der Waals surface area contributed by atoms with Gasteiger partial charge in [0.1, 0.15) is 18.3 Å². The Balaban J connectivity index is 2.80. The predicted molar refractivity (Wildman–Crippen MR) is 48.5 cm³/mol. The lowest BCUT2D eigenvalue weighted by atomic mass is 9.94. The van der Waals surface area contributed by atoms with Crippen LogP contribution in [0, 0.1) is 0 Å². The number of aliphatic hydroxyl groups excluding tert-OH is 3. The van der Waals surface area contributed by atoms with Crippen LogP contribution >= 0.6 is 0 Å². The number of aliphatic hydroxyl groups is 4. The highest BCUT2D eigenvalue weighted by Gasteiger charge is 2.53. The molecule has 0 radical (unpaired) electrons. The van der Waals surface area contributed by atoms with Crippen LogP contribution in [0.4, 0.5) is 0 Å². The first kappa shape index (κ1) is 12.8. The number of hydrogen-bond donors (Lipinski definition) is 5. The Kier molecular flexibility index (Phi) is 4.01. The van der Waals surface area contributed by atoms with E-state index < -0.39 is 36.9 Å². The largest absolute Gasteiger partial charge is 0.394 e. The Morgan fingerprint density at radius 2 is 2.07 bits per heavy atom. The molecule has 1 saturated heterocycles. The highest BCUT2D eigenvalue weighted by molar-refractivity contribution is 4.96. The molecule has 5 atom stereocenters. The molecule has 0 aromatic heterocycles. The van der Waals surface area contributed by atoms with E-state index in [1.54, 1.807) is 6.92 Å². The van der Waals surface area contributed by atoms with Crippen LogP contribution in [0.1, 0.15) is 6.92 Å². The summed E-state index contributed by atoms with van der Waals surface area (Å²) in [7, 11) is 0. The van der Waals surface area contributed by atoms with Gasteiger partial charge in [-0.1, -0.05) is 0 Å². The van der Waals surface area contributed by atoms with E-state index in [4.69, 9.17) is 20.3 Å². The first-order chi connectivity index (χ1) is 6.95. The van der Waals surface area contributed by atoms with Gasteiger partial charge in [0.25, 0.3) is 0 Å². The normalized spacial score (nSPS) is 46.8. The van der Waals surface area contributed by atoms with E-state index in [9.17, 15) is 15.3 Å². The maximum Gasteiger partial charge on any atom is 0.203 e. The minimum Gasteiger partial charge on any atom is -0.394 e. The standard InChI is InChI=1S/C8H17NO6/c1-2-14-7-8(9,13)6(12)5(11)4(3-10)15-7/h4-7,10-13H,2-3,9H2,1H3/t4-,5-,6+,7+,8+/m1/s1. The van der Waals surface area contributed by atoms with Crippen LogP contribution in [-0.4, -0.2) is 64.0 Å². The van der Waals surface area contributed by atoms with Crippen molar-refractivity contribution in [1.29, 1.82) is 0 Å². The highest BCUT2D eigenvalue weighted by atomic mass is 16.7. The van der Waals surface area contributed by atoms with E-state index in [1.165, 1.54) is 0 Å². The minimum atomic E-state index is -2.19. The molecule has 0 aliphatic carbocycles. The molecule has 1 rings (SSSR count). The maximum atomic E-state index is 9.65. The molecule has 90 valence electrons. The molecule has 0 bridgehead atoms. The topological polar surface area (TPSA) is 125 Å². The molecule has 7 heteroatoms. The van der Waals surface area contributed by atoms with Gasteiger partial charge in [-0.3, -0.25) is 5.73 Å². The Morgan fingerprint density at radius 1 is 1.47 bits per heavy atom. The maximum absolute atomic E-state index is 9.65. The summed E-state index contributed by atoms with van der Waals surface area (Å²) in [6.07, 6.45) is -5.40. The number of rotatable bonds is 3. The van der Waals surface area contributed by atoms with Crippen molar-refractivity contribution in [2.75, 3.05) is 13.2 Å². The Bertz CT molecular complexity index is 211.